The second-order valence-electron chi connectivity index (χ2n) is 3.86. The number of nitrogens with zero attached hydrogens (tertiary/aromatic N) is 1. The van der Waals surface area contributed by atoms with E-state index in [4.69, 9.17) is 9.26 Å². The third kappa shape index (κ3) is 4.07. The minimum absolute atomic E-state index is 0.134. The minimum Gasteiger partial charge on any atom is -0.481 e. The fourth-order valence-electron chi connectivity index (χ4n) is 1.41. The van der Waals surface area contributed by atoms with Crippen LogP contribution < -0.4 is 10.1 Å². The number of halogens is 3. The molecule has 0 aliphatic carbocycles. The molecule has 2 aromatic rings. The number of hydrogen-bond donors (Lipinski definition) is 1. The van der Waals surface area contributed by atoms with Gasteiger partial charge in [0.05, 0.1) is 8.95 Å². The number of carbonyl (C=O) groups excluding carboxylic acids is 1. The number of ether oxygens (including phenoxy) is 1. The molecule has 0 aliphatic rings. The number of aromatic nitrogens is 1. The van der Waals surface area contributed by atoms with E-state index in [9.17, 15) is 4.79 Å². The average Bonchev–Trinajstić information content (AvgIpc) is 2.73. The van der Waals surface area contributed by atoms with Gasteiger partial charge < -0.3 is 14.6 Å². The Morgan fingerprint density at radius 1 is 1.30 bits per heavy atom. The molecule has 2 rings (SSSR count). The quantitative estimate of drug-likeness (QED) is 0.727. The first-order valence-corrected chi connectivity index (χ1v) is 7.84. The standard InChI is InChI=1S/C12H9Br3N2O3/c1-6-2-10(17-20-6)16-11(18)5-19-12-8(14)3-7(13)4-9(12)15/h2-4H,5H2,1H3,(H,16,17,18). The number of amides is 1. The monoisotopic (exact) mass is 466 g/mol. The lowest BCUT2D eigenvalue weighted by molar-refractivity contribution is -0.118. The summed E-state index contributed by atoms with van der Waals surface area (Å²) in [5.41, 5.74) is 0. The smallest absolute Gasteiger partial charge is 0.263 e. The average molecular weight is 469 g/mol. The highest BCUT2D eigenvalue weighted by atomic mass is 79.9. The van der Waals surface area contributed by atoms with Crippen molar-refractivity contribution < 1.29 is 14.1 Å². The van der Waals surface area contributed by atoms with Gasteiger partial charge in [0, 0.05) is 10.5 Å². The van der Waals surface area contributed by atoms with Crippen LogP contribution in [0.4, 0.5) is 5.82 Å². The number of nitrogens with one attached hydrogen (secondary N) is 1. The lowest BCUT2D eigenvalue weighted by Gasteiger charge is -2.10. The molecular formula is C12H9Br3N2O3. The summed E-state index contributed by atoms with van der Waals surface area (Å²) in [6.45, 7) is 1.61. The molecule has 0 unspecified atom stereocenters. The van der Waals surface area contributed by atoms with Gasteiger partial charge in [-0.05, 0) is 50.9 Å². The number of benzene rings is 1. The van der Waals surface area contributed by atoms with Crippen molar-refractivity contribution >= 4 is 59.5 Å². The fourth-order valence-corrected chi connectivity index (χ4v) is 3.90. The van der Waals surface area contributed by atoms with Crippen molar-refractivity contribution in [3.05, 3.63) is 37.4 Å². The lowest BCUT2D eigenvalue weighted by atomic mass is 10.3. The molecule has 0 spiro atoms. The maximum Gasteiger partial charge on any atom is 0.263 e. The molecule has 1 aromatic carbocycles. The van der Waals surface area contributed by atoms with Crippen molar-refractivity contribution in [1.82, 2.24) is 5.16 Å². The minimum atomic E-state index is -0.319. The van der Waals surface area contributed by atoms with Gasteiger partial charge in [-0.15, -0.1) is 0 Å². The Bertz CT molecular complexity index is 620. The summed E-state index contributed by atoms with van der Waals surface area (Å²) in [5.74, 6) is 1.23. The highest BCUT2D eigenvalue weighted by molar-refractivity contribution is 9.11. The van der Waals surface area contributed by atoms with Crippen LogP contribution in [-0.4, -0.2) is 17.7 Å². The summed E-state index contributed by atoms with van der Waals surface area (Å²) in [4.78, 5) is 11.7. The molecule has 0 saturated carbocycles. The maximum atomic E-state index is 11.7. The zero-order chi connectivity index (χ0) is 14.7. The second-order valence-corrected chi connectivity index (χ2v) is 6.48. The van der Waals surface area contributed by atoms with Crippen LogP contribution in [-0.2, 0) is 4.79 Å². The Kier molecular flexibility index (Phi) is 5.22. The van der Waals surface area contributed by atoms with Crippen molar-refractivity contribution in [2.24, 2.45) is 0 Å². The molecular weight excluding hydrogens is 460 g/mol. The van der Waals surface area contributed by atoms with Crippen LogP contribution >= 0.6 is 47.8 Å². The summed E-state index contributed by atoms with van der Waals surface area (Å²) < 4.78 is 12.7. The second kappa shape index (κ2) is 6.73. The zero-order valence-corrected chi connectivity index (χ0v) is 15.0. The van der Waals surface area contributed by atoms with E-state index in [2.05, 4.69) is 58.3 Å². The predicted octanol–water partition coefficient (Wildman–Crippen LogP) is 4.29. The van der Waals surface area contributed by atoms with E-state index in [0.717, 1.165) is 13.4 Å². The Morgan fingerprint density at radius 3 is 2.50 bits per heavy atom. The van der Waals surface area contributed by atoms with Gasteiger partial charge in [-0.3, -0.25) is 4.79 Å². The highest BCUT2D eigenvalue weighted by Gasteiger charge is 2.12. The number of anilines is 1. The van der Waals surface area contributed by atoms with Crippen molar-refractivity contribution in [1.29, 1.82) is 0 Å². The van der Waals surface area contributed by atoms with Crippen LogP contribution in [0.3, 0.4) is 0 Å². The normalized spacial score (nSPS) is 10.4. The summed E-state index contributed by atoms with van der Waals surface area (Å²) in [6, 6.07) is 5.29. The topological polar surface area (TPSA) is 64.4 Å². The number of hydrogen-bond acceptors (Lipinski definition) is 4. The first-order valence-electron chi connectivity index (χ1n) is 5.46. The molecule has 0 radical (unpaired) electrons. The van der Waals surface area contributed by atoms with Gasteiger partial charge in [-0.2, -0.15) is 0 Å². The van der Waals surface area contributed by atoms with E-state index in [1.54, 1.807) is 13.0 Å². The molecule has 5 nitrogen and oxygen atoms in total. The van der Waals surface area contributed by atoms with Gasteiger partial charge in [0.2, 0.25) is 0 Å². The summed E-state index contributed by atoms with van der Waals surface area (Å²) in [7, 11) is 0. The maximum absolute atomic E-state index is 11.7. The zero-order valence-electron chi connectivity index (χ0n) is 10.2. The fraction of sp³-hybridized carbons (Fsp3) is 0.167. The molecule has 106 valence electrons. The Balaban J connectivity index is 1.97. The summed E-state index contributed by atoms with van der Waals surface area (Å²) >= 11 is 10.1. The predicted molar refractivity (Wildman–Crippen MR) is 84.9 cm³/mol. The van der Waals surface area contributed by atoms with E-state index >= 15 is 0 Å². The van der Waals surface area contributed by atoms with Gasteiger partial charge >= 0.3 is 0 Å². The molecule has 1 N–H and O–H groups in total. The lowest BCUT2D eigenvalue weighted by Crippen LogP contribution is -2.20. The molecule has 0 aliphatic heterocycles. The molecule has 1 amide bonds. The highest BCUT2D eigenvalue weighted by Crippen LogP contribution is 2.36. The first kappa shape index (κ1) is 15.5. The first-order chi connectivity index (χ1) is 9.45. The van der Waals surface area contributed by atoms with Gasteiger partial charge in [0.25, 0.3) is 5.91 Å². The van der Waals surface area contributed by atoms with Crippen molar-refractivity contribution in [3.63, 3.8) is 0 Å². The van der Waals surface area contributed by atoms with Crippen LogP contribution in [0.2, 0.25) is 0 Å². The van der Waals surface area contributed by atoms with Crippen LogP contribution in [0.25, 0.3) is 0 Å². The van der Waals surface area contributed by atoms with Gasteiger partial charge in [0.1, 0.15) is 11.5 Å². The summed E-state index contributed by atoms with van der Waals surface area (Å²) in [6.07, 6.45) is 0. The molecule has 0 saturated heterocycles. The van der Waals surface area contributed by atoms with Crippen molar-refractivity contribution in [2.75, 3.05) is 11.9 Å². The van der Waals surface area contributed by atoms with Crippen molar-refractivity contribution in [2.45, 2.75) is 6.92 Å². The van der Waals surface area contributed by atoms with Gasteiger partial charge in [-0.25, -0.2) is 0 Å². The van der Waals surface area contributed by atoms with Crippen molar-refractivity contribution in [3.8, 4) is 5.75 Å². The largest absolute Gasteiger partial charge is 0.481 e. The van der Waals surface area contributed by atoms with Gasteiger partial charge in [-0.1, -0.05) is 21.1 Å². The summed E-state index contributed by atoms with van der Waals surface area (Å²) in [5, 5.41) is 6.24. The molecule has 20 heavy (non-hydrogen) atoms. The Hall–Kier alpha value is -0.860. The number of carbonyl (C=O) groups is 1. The molecule has 8 heteroatoms. The van der Waals surface area contributed by atoms with Crippen LogP contribution in [0, 0.1) is 6.92 Å². The van der Waals surface area contributed by atoms with Crippen LogP contribution in [0.1, 0.15) is 5.76 Å². The van der Waals surface area contributed by atoms with Gasteiger partial charge in [0.15, 0.2) is 12.4 Å². The SMILES string of the molecule is Cc1cc(NC(=O)COc2c(Br)cc(Br)cc2Br)no1. The molecule has 0 fully saturated rings. The molecule has 0 bridgehead atoms. The molecule has 0 atom stereocenters. The molecule has 1 aromatic heterocycles. The van der Waals surface area contributed by atoms with Crippen LogP contribution in [0.5, 0.6) is 5.75 Å². The Labute approximate surface area is 140 Å². The van der Waals surface area contributed by atoms with Crippen LogP contribution in [0.15, 0.2) is 36.1 Å². The third-order valence-corrected chi connectivity index (χ3v) is 3.84. The Morgan fingerprint density at radius 2 is 1.95 bits per heavy atom. The van der Waals surface area contributed by atoms with E-state index in [0.29, 0.717) is 17.3 Å². The third-order valence-electron chi connectivity index (χ3n) is 2.21. The van der Waals surface area contributed by atoms with E-state index in [-0.39, 0.29) is 12.5 Å². The number of rotatable bonds is 4. The van der Waals surface area contributed by atoms with E-state index in [1.165, 1.54) is 0 Å². The molecule has 1 heterocycles. The van der Waals surface area contributed by atoms with E-state index < -0.39 is 0 Å². The number of aryl methyl sites for hydroxylation is 1. The van der Waals surface area contributed by atoms with E-state index in [1.807, 2.05) is 12.1 Å².